The van der Waals surface area contributed by atoms with Crippen molar-refractivity contribution in [3.63, 3.8) is 0 Å². The Morgan fingerprint density at radius 2 is 1.86 bits per heavy atom. The molecular weight excluding hydrogens is 337 g/mol. The first-order valence-corrected chi connectivity index (χ1v) is 8.50. The van der Waals surface area contributed by atoms with Gasteiger partial charge in [-0.2, -0.15) is 13.2 Å². The lowest BCUT2D eigenvalue weighted by molar-refractivity contribution is -0.0435. The highest BCUT2D eigenvalue weighted by Crippen LogP contribution is 2.34. The molecule has 1 N–H and O–H groups in total. The number of thiazole rings is 1. The zero-order valence-electron chi connectivity index (χ0n) is 11.7. The Kier molecular flexibility index (Phi) is 4.48. The minimum atomic E-state index is -5.40. The van der Waals surface area contributed by atoms with E-state index < -0.39 is 20.2 Å². The van der Waals surface area contributed by atoms with Crippen molar-refractivity contribution in [2.45, 2.75) is 30.8 Å². The largest absolute Gasteiger partial charge is 0.501 e. The first-order chi connectivity index (χ1) is 10.1. The summed E-state index contributed by atoms with van der Waals surface area (Å²) in [6.07, 6.45) is 0. The van der Waals surface area contributed by atoms with Crippen LogP contribution in [0.2, 0.25) is 0 Å². The molecule has 1 aromatic heterocycles. The number of nitrogens with one attached hydrogen (secondary N) is 1. The first-order valence-electron chi connectivity index (χ1n) is 6.20. The molecule has 0 radical (unpaired) electrons. The van der Waals surface area contributed by atoms with Crippen LogP contribution in [0.15, 0.2) is 29.2 Å². The fourth-order valence-corrected chi connectivity index (χ4v) is 3.66. The summed E-state index contributed by atoms with van der Waals surface area (Å²) < 4.78 is 61.3. The fourth-order valence-electron chi connectivity index (χ4n) is 1.89. The van der Waals surface area contributed by atoms with Crippen LogP contribution in [0.5, 0.6) is 0 Å². The van der Waals surface area contributed by atoms with Gasteiger partial charge in [-0.3, -0.25) is 0 Å². The molecule has 2 aromatic rings. The summed E-state index contributed by atoms with van der Waals surface area (Å²) in [6, 6.07) is 4.95. The SMILES string of the molecule is Cc1nc(CNc2ccccc2S(=O)(=O)C(F)(F)F)c(C)s1. The maximum Gasteiger partial charge on any atom is 0.501 e. The van der Waals surface area contributed by atoms with E-state index in [1.807, 2.05) is 13.8 Å². The highest BCUT2D eigenvalue weighted by atomic mass is 32.2. The fraction of sp³-hybridized carbons (Fsp3) is 0.308. The van der Waals surface area contributed by atoms with Crippen molar-refractivity contribution in [2.24, 2.45) is 0 Å². The summed E-state index contributed by atoms with van der Waals surface area (Å²) in [5.41, 5.74) is -4.75. The Morgan fingerprint density at radius 1 is 1.23 bits per heavy atom. The van der Waals surface area contributed by atoms with Crippen molar-refractivity contribution in [3.05, 3.63) is 39.8 Å². The molecule has 0 saturated heterocycles. The van der Waals surface area contributed by atoms with E-state index in [4.69, 9.17) is 0 Å². The van der Waals surface area contributed by atoms with Gasteiger partial charge in [-0.25, -0.2) is 13.4 Å². The Bertz CT molecular complexity index is 783. The molecule has 9 heteroatoms. The molecule has 4 nitrogen and oxygen atoms in total. The predicted octanol–water partition coefficient (Wildman–Crippen LogP) is 3.67. The van der Waals surface area contributed by atoms with Crippen LogP contribution in [-0.2, 0) is 16.4 Å². The van der Waals surface area contributed by atoms with Crippen molar-refractivity contribution in [1.29, 1.82) is 0 Å². The van der Waals surface area contributed by atoms with Crippen molar-refractivity contribution < 1.29 is 21.6 Å². The third-order valence-corrected chi connectivity index (χ3v) is 5.40. The minimum absolute atomic E-state index is 0.0927. The van der Waals surface area contributed by atoms with E-state index in [-0.39, 0.29) is 12.2 Å². The smallest absolute Gasteiger partial charge is 0.378 e. The maximum atomic E-state index is 12.7. The molecule has 0 aliphatic carbocycles. The van der Waals surface area contributed by atoms with Gasteiger partial charge in [0.1, 0.15) is 0 Å². The van der Waals surface area contributed by atoms with E-state index in [0.717, 1.165) is 16.0 Å². The van der Waals surface area contributed by atoms with Crippen molar-refractivity contribution >= 4 is 26.9 Å². The number of sulfone groups is 1. The van der Waals surface area contributed by atoms with Gasteiger partial charge in [0, 0.05) is 4.88 Å². The van der Waals surface area contributed by atoms with Crippen LogP contribution in [0, 0.1) is 13.8 Å². The number of anilines is 1. The van der Waals surface area contributed by atoms with E-state index in [1.165, 1.54) is 29.5 Å². The van der Waals surface area contributed by atoms with Crippen LogP contribution in [0.25, 0.3) is 0 Å². The number of alkyl halides is 3. The zero-order chi connectivity index (χ0) is 16.5. The molecule has 1 aromatic carbocycles. The summed E-state index contributed by atoms with van der Waals surface area (Å²) in [5, 5.41) is 3.57. The van der Waals surface area contributed by atoms with Crippen LogP contribution >= 0.6 is 11.3 Å². The Labute approximate surface area is 129 Å². The molecule has 0 spiro atoms. The quantitative estimate of drug-likeness (QED) is 0.914. The normalized spacial score (nSPS) is 12.4. The summed E-state index contributed by atoms with van der Waals surface area (Å²) in [6.45, 7) is 3.82. The second-order valence-electron chi connectivity index (χ2n) is 4.53. The van der Waals surface area contributed by atoms with Gasteiger partial charge < -0.3 is 5.32 Å². The van der Waals surface area contributed by atoms with E-state index in [9.17, 15) is 21.6 Å². The van der Waals surface area contributed by atoms with E-state index in [0.29, 0.717) is 5.69 Å². The molecule has 120 valence electrons. The molecule has 0 saturated carbocycles. The Morgan fingerprint density at radius 3 is 2.41 bits per heavy atom. The predicted molar refractivity (Wildman–Crippen MR) is 78.6 cm³/mol. The van der Waals surface area contributed by atoms with Crippen molar-refractivity contribution in [2.75, 3.05) is 5.32 Å². The van der Waals surface area contributed by atoms with Gasteiger partial charge in [0.15, 0.2) is 0 Å². The number of hydrogen-bond acceptors (Lipinski definition) is 5. The van der Waals surface area contributed by atoms with Crippen molar-refractivity contribution in [3.8, 4) is 0 Å². The van der Waals surface area contributed by atoms with Crippen LogP contribution < -0.4 is 5.32 Å². The number of aromatic nitrogens is 1. The number of aryl methyl sites for hydroxylation is 2. The van der Waals surface area contributed by atoms with Gasteiger partial charge in [-0.15, -0.1) is 11.3 Å². The molecule has 0 fully saturated rings. The monoisotopic (exact) mass is 350 g/mol. The number of hydrogen-bond donors (Lipinski definition) is 1. The first kappa shape index (κ1) is 16.8. The van der Waals surface area contributed by atoms with E-state index in [1.54, 1.807) is 0 Å². The molecular formula is C13H13F3N2O2S2. The lowest BCUT2D eigenvalue weighted by Gasteiger charge is -2.13. The number of para-hydroxylation sites is 1. The lowest BCUT2D eigenvalue weighted by Crippen LogP contribution is -2.24. The summed E-state index contributed by atoms with van der Waals surface area (Å²) in [4.78, 5) is 4.40. The number of benzene rings is 1. The van der Waals surface area contributed by atoms with Gasteiger partial charge in [0.2, 0.25) is 0 Å². The topological polar surface area (TPSA) is 59.1 Å². The molecule has 0 aliphatic rings. The molecule has 0 aliphatic heterocycles. The average Bonchev–Trinajstić information content (AvgIpc) is 2.73. The highest BCUT2D eigenvalue weighted by molar-refractivity contribution is 7.92. The number of nitrogens with zero attached hydrogens (tertiary/aromatic N) is 1. The molecule has 0 amide bonds. The molecule has 22 heavy (non-hydrogen) atoms. The summed E-state index contributed by atoms with van der Waals surface area (Å²) in [5.74, 6) is 0. The number of rotatable bonds is 4. The van der Waals surface area contributed by atoms with Crippen LogP contribution in [0.3, 0.4) is 0 Å². The van der Waals surface area contributed by atoms with Gasteiger partial charge >= 0.3 is 5.51 Å². The van der Waals surface area contributed by atoms with Crippen LogP contribution in [0.1, 0.15) is 15.6 Å². The standard InChI is InChI=1S/C13H13F3N2O2S2/c1-8-11(18-9(2)21-8)7-17-10-5-3-4-6-12(10)22(19,20)13(14,15)16/h3-6,17H,7H2,1-2H3. The zero-order valence-corrected chi connectivity index (χ0v) is 13.4. The molecule has 0 bridgehead atoms. The van der Waals surface area contributed by atoms with Crippen molar-refractivity contribution in [1.82, 2.24) is 4.98 Å². The number of halogens is 3. The third kappa shape index (κ3) is 3.25. The van der Waals surface area contributed by atoms with Gasteiger partial charge in [0.25, 0.3) is 9.84 Å². The van der Waals surface area contributed by atoms with E-state index >= 15 is 0 Å². The average molecular weight is 350 g/mol. The Balaban J connectivity index is 2.32. The van der Waals surface area contributed by atoms with Gasteiger partial charge in [-0.1, -0.05) is 12.1 Å². The molecule has 0 unspecified atom stereocenters. The van der Waals surface area contributed by atoms with Gasteiger partial charge in [0.05, 0.1) is 27.8 Å². The lowest BCUT2D eigenvalue weighted by atomic mass is 10.3. The second-order valence-corrected chi connectivity index (χ2v) is 7.85. The minimum Gasteiger partial charge on any atom is -0.378 e. The van der Waals surface area contributed by atoms with Crippen LogP contribution in [-0.4, -0.2) is 18.9 Å². The van der Waals surface area contributed by atoms with Crippen LogP contribution in [0.4, 0.5) is 18.9 Å². The molecule has 2 rings (SSSR count). The second kappa shape index (κ2) is 5.88. The summed E-state index contributed by atoms with van der Waals surface area (Å²) >= 11 is 1.47. The molecule has 0 atom stereocenters. The van der Waals surface area contributed by atoms with E-state index in [2.05, 4.69) is 10.3 Å². The molecule has 1 heterocycles. The highest BCUT2D eigenvalue weighted by Gasteiger charge is 2.47. The third-order valence-electron chi connectivity index (χ3n) is 2.93. The maximum absolute atomic E-state index is 12.7. The Hall–Kier alpha value is -1.61. The summed E-state index contributed by atoms with van der Waals surface area (Å²) in [7, 11) is -5.40. The van der Waals surface area contributed by atoms with Gasteiger partial charge in [-0.05, 0) is 26.0 Å².